The zero-order chi connectivity index (χ0) is 18.7. The summed E-state index contributed by atoms with van der Waals surface area (Å²) in [5, 5.41) is 14.7. The fraction of sp³-hybridized carbons (Fsp3) is 0.176. The van der Waals surface area contributed by atoms with Crippen molar-refractivity contribution >= 4 is 40.4 Å². The van der Waals surface area contributed by atoms with E-state index >= 15 is 0 Å². The molecule has 0 aliphatic rings. The van der Waals surface area contributed by atoms with Gasteiger partial charge in [-0.3, -0.25) is 14.9 Å². The number of aromatic nitrogens is 2. The topological polar surface area (TPSA) is 89.5 Å². The third kappa shape index (κ3) is 4.12. The van der Waals surface area contributed by atoms with Gasteiger partial charge in [0.05, 0.1) is 27.1 Å². The van der Waals surface area contributed by atoms with Crippen molar-refractivity contribution < 1.29 is 9.72 Å². The molecular formula is C17H14Cl2N4O3. The zero-order valence-electron chi connectivity index (χ0n) is 13.5. The quantitative estimate of drug-likeness (QED) is 0.513. The minimum absolute atomic E-state index is 0.0518. The molecule has 9 heteroatoms. The number of rotatable bonds is 6. The van der Waals surface area contributed by atoms with E-state index in [0.29, 0.717) is 34.2 Å². The molecule has 0 aliphatic heterocycles. The molecule has 0 spiro atoms. The Morgan fingerprint density at radius 1 is 1.27 bits per heavy atom. The van der Waals surface area contributed by atoms with Gasteiger partial charge in [0.25, 0.3) is 5.69 Å². The molecule has 1 aromatic carbocycles. The maximum atomic E-state index is 12.1. The van der Waals surface area contributed by atoms with Gasteiger partial charge in [-0.15, -0.1) is 0 Å². The van der Waals surface area contributed by atoms with E-state index in [2.05, 4.69) is 10.3 Å². The van der Waals surface area contributed by atoms with E-state index in [9.17, 15) is 14.9 Å². The van der Waals surface area contributed by atoms with Gasteiger partial charge in [-0.05, 0) is 6.07 Å². The van der Waals surface area contributed by atoms with Gasteiger partial charge in [-0.2, -0.15) is 0 Å². The van der Waals surface area contributed by atoms with E-state index in [1.807, 2.05) is 0 Å². The van der Waals surface area contributed by atoms with Crippen molar-refractivity contribution in [3.8, 4) is 0 Å². The number of carbonyl (C=O) groups is 1. The summed E-state index contributed by atoms with van der Waals surface area (Å²) >= 11 is 12.1. The molecule has 0 saturated carbocycles. The Morgan fingerprint density at radius 3 is 2.81 bits per heavy atom. The number of pyridine rings is 1. The number of hydrogen-bond acceptors (Lipinski definition) is 4. The lowest BCUT2D eigenvalue weighted by molar-refractivity contribution is -0.385. The lowest BCUT2D eigenvalue weighted by Gasteiger charge is -2.05. The van der Waals surface area contributed by atoms with Crippen LogP contribution in [0.4, 0.5) is 5.69 Å². The van der Waals surface area contributed by atoms with Crippen LogP contribution in [0.15, 0.2) is 42.7 Å². The molecule has 134 valence electrons. The van der Waals surface area contributed by atoms with Gasteiger partial charge in [-0.1, -0.05) is 41.4 Å². The van der Waals surface area contributed by atoms with E-state index in [1.165, 1.54) is 6.07 Å². The van der Waals surface area contributed by atoms with E-state index in [0.717, 1.165) is 5.69 Å². The number of benzene rings is 1. The summed E-state index contributed by atoms with van der Waals surface area (Å²) in [7, 11) is 0. The Bertz CT molecular complexity index is 987. The third-order valence-corrected chi connectivity index (χ3v) is 4.25. The maximum absolute atomic E-state index is 12.1. The minimum atomic E-state index is -0.492. The van der Waals surface area contributed by atoms with Crippen molar-refractivity contribution in [2.75, 3.05) is 6.54 Å². The van der Waals surface area contributed by atoms with Gasteiger partial charge >= 0.3 is 0 Å². The number of amides is 1. The second-order valence-electron chi connectivity index (χ2n) is 5.63. The summed E-state index contributed by atoms with van der Waals surface area (Å²) in [4.78, 5) is 26.9. The number of nitrogens with one attached hydrogen (secondary N) is 1. The summed E-state index contributed by atoms with van der Waals surface area (Å²) < 4.78 is 1.73. The molecule has 0 fully saturated rings. The summed E-state index contributed by atoms with van der Waals surface area (Å²) in [5.41, 5.74) is 1.66. The number of para-hydroxylation sites is 1. The number of nitrogens with zero attached hydrogens (tertiary/aromatic N) is 3. The first-order valence-electron chi connectivity index (χ1n) is 7.75. The lowest BCUT2D eigenvalue weighted by Crippen LogP contribution is -2.27. The number of carbonyl (C=O) groups excluding carboxylic acids is 1. The maximum Gasteiger partial charge on any atom is 0.273 e. The average Bonchev–Trinajstić information content (AvgIpc) is 2.98. The smallest absolute Gasteiger partial charge is 0.273 e. The highest BCUT2D eigenvalue weighted by Crippen LogP contribution is 2.22. The van der Waals surface area contributed by atoms with Crippen molar-refractivity contribution in [3.05, 3.63) is 74.1 Å². The molecule has 3 aromatic rings. The first kappa shape index (κ1) is 18.2. The monoisotopic (exact) mass is 392 g/mol. The summed E-state index contributed by atoms with van der Waals surface area (Å²) in [6.07, 6.45) is 3.94. The largest absolute Gasteiger partial charge is 0.355 e. The van der Waals surface area contributed by atoms with Crippen molar-refractivity contribution in [3.63, 3.8) is 0 Å². The second kappa shape index (κ2) is 7.72. The van der Waals surface area contributed by atoms with Gasteiger partial charge in [0.1, 0.15) is 0 Å². The first-order chi connectivity index (χ1) is 12.4. The van der Waals surface area contributed by atoms with Crippen LogP contribution in [-0.2, 0) is 17.6 Å². The van der Waals surface area contributed by atoms with Gasteiger partial charge < -0.3 is 9.72 Å². The average molecular weight is 393 g/mol. The Morgan fingerprint density at radius 2 is 2.04 bits per heavy atom. The molecule has 0 aliphatic carbocycles. The van der Waals surface area contributed by atoms with Crippen LogP contribution in [0.3, 0.4) is 0 Å². The number of nitro benzene ring substituents is 1. The van der Waals surface area contributed by atoms with Crippen LogP contribution in [0, 0.1) is 10.1 Å². The molecule has 7 nitrogen and oxygen atoms in total. The molecule has 0 atom stereocenters. The van der Waals surface area contributed by atoms with Crippen LogP contribution in [0.2, 0.25) is 10.0 Å². The molecule has 1 amide bonds. The molecule has 0 radical (unpaired) electrons. The van der Waals surface area contributed by atoms with Crippen molar-refractivity contribution in [2.45, 2.75) is 12.8 Å². The summed E-state index contributed by atoms with van der Waals surface area (Å²) in [5.74, 6) is -0.288. The van der Waals surface area contributed by atoms with Gasteiger partial charge in [0, 0.05) is 37.0 Å². The fourth-order valence-electron chi connectivity index (χ4n) is 2.60. The van der Waals surface area contributed by atoms with Crippen LogP contribution >= 0.6 is 23.2 Å². The Labute approximate surface area is 158 Å². The van der Waals surface area contributed by atoms with Crippen molar-refractivity contribution in [1.82, 2.24) is 14.7 Å². The standard InChI is InChI=1S/C17H14Cl2N4O3/c18-12-8-14(19)17-21-13(10-22(17)9-12)5-6-20-16(24)7-11-3-1-2-4-15(11)23(25)26/h1-4,8-10H,5-7H2,(H,20,24). The summed E-state index contributed by atoms with van der Waals surface area (Å²) in [6, 6.07) is 7.81. The Balaban J connectivity index is 1.59. The molecule has 26 heavy (non-hydrogen) atoms. The number of nitro groups is 1. The molecule has 3 rings (SSSR count). The van der Waals surface area contributed by atoms with Gasteiger partial charge in [-0.25, -0.2) is 4.98 Å². The van der Waals surface area contributed by atoms with E-state index in [-0.39, 0.29) is 18.0 Å². The highest BCUT2D eigenvalue weighted by molar-refractivity contribution is 6.36. The van der Waals surface area contributed by atoms with Crippen LogP contribution in [0.5, 0.6) is 0 Å². The normalized spacial score (nSPS) is 10.8. The third-order valence-electron chi connectivity index (χ3n) is 3.77. The lowest BCUT2D eigenvalue weighted by atomic mass is 10.1. The first-order valence-corrected chi connectivity index (χ1v) is 8.51. The number of fused-ring (bicyclic) bond motifs is 1. The Hall–Kier alpha value is -2.64. The minimum Gasteiger partial charge on any atom is -0.355 e. The number of halogens is 2. The zero-order valence-corrected chi connectivity index (χ0v) is 15.0. The molecule has 0 unspecified atom stereocenters. The molecule has 2 heterocycles. The van der Waals surface area contributed by atoms with E-state index < -0.39 is 4.92 Å². The van der Waals surface area contributed by atoms with Crippen LogP contribution in [-0.4, -0.2) is 26.8 Å². The highest BCUT2D eigenvalue weighted by atomic mass is 35.5. The van der Waals surface area contributed by atoms with E-state index in [4.69, 9.17) is 23.2 Å². The predicted molar refractivity (Wildman–Crippen MR) is 98.7 cm³/mol. The molecular weight excluding hydrogens is 379 g/mol. The van der Waals surface area contributed by atoms with Crippen LogP contribution in [0.1, 0.15) is 11.3 Å². The van der Waals surface area contributed by atoms with Crippen LogP contribution < -0.4 is 5.32 Å². The molecule has 0 saturated heterocycles. The fourth-order valence-corrected chi connectivity index (χ4v) is 3.13. The molecule has 0 bridgehead atoms. The molecule has 2 aromatic heterocycles. The number of imidazole rings is 1. The van der Waals surface area contributed by atoms with Crippen molar-refractivity contribution in [1.29, 1.82) is 0 Å². The predicted octanol–water partition coefficient (Wildman–Crippen LogP) is 3.45. The Kier molecular flexibility index (Phi) is 5.39. The van der Waals surface area contributed by atoms with Crippen LogP contribution in [0.25, 0.3) is 5.65 Å². The highest BCUT2D eigenvalue weighted by Gasteiger charge is 2.15. The van der Waals surface area contributed by atoms with Gasteiger partial charge in [0.2, 0.25) is 5.91 Å². The second-order valence-corrected chi connectivity index (χ2v) is 6.48. The van der Waals surface area contributed by atoms with Crippen molar-refractivity contribution in [2.24, 2.45) is 0 Å². The van der Waals surface area contributed by atoms with E-state index in [1.54, 1.807) is 41.1 Å². The van der Waals surface area contributed by atoms with Gasteiger partial charge in [0.15, 0.2) is 5.65 Å². The summed E-state index contributed by atoms with van der Waals surface area (Å²) in [6.45, 7) is 0.356. The molecule has 1 N–H and O–H groups in total. The SMILES string of the molecule is O=C(Cc1ccccc1[N+](=O)[O-])NCCc1cn2cc(Cl)cc(Cl)c2n1. The number of hydrogen-bond donors (Lipinski definition) is 1.